The molecule has 0 unspecified atom stereocenters. The summed E-state index contributed by atoms with van der Waals surface area (Å²) in [6.45, 7) is 3.06. The van der Waals surface area contributed by atoms with Crippen LogP contribution in [0.5, 0.6) is 5.75 Å². The molecule has 0 spiro atoms. The number of ether oxygens (including phenoxy) is 1. The molecule has 0 aliphatic rings. The normalized spacial score (nSPS) is 11.5. The first-order valence-corrected chi connectivity index (χ1v) is 10.6. The molecule has 1 amide bonds. The molecule has 31 heavy (non-hydrogen) atoms. The summed E-state index contributed by atoms with van der Waals surface area (Å²) in [5.41, 5.74) is 1.68. The summed E-state index contributed by atoms with van der Waals surface area (Å²) < 4.78 is 51.7. The second-order valence-corrected chi connectivity index (χ2v) is 8.20. The van der Waals surface area contributed by atoms with Crippen molar-refractivity contribution >= 4 is 39.5 Å². The summed E-state index contributed by atoms with van der Waals surface area (Å²) >= 11 is 0. The van der Waals surface area contributed by atoms with E-state index in [9.17, 15) is 17.6 Å². The minimum atomic E-state index is -4.02. The predicted octanol–water partition coefficient (Wildman–Crippen LogP) is 4.06. The summed E-state index contributed by atoms with van der Waals surface area (Å²) in [7, 11) is -2.66. The Bertz CT molecular complexity index is 1230. The molecule has 10 heteroatoms. The molecule has 2 N–H and O–H groups in total. The molecule has 1 aromatic heterocycles. The van der Waals surface area contributed by atoms with E-state index >= 15 is 0 Å². The smallest absolute Gasteiger partial charge is 0.265 e. The minimum absolute atomic E-state index is 0.0997. The lowest BCUT2D eigenvalue weighted by Gasteiger charge is -2.12. The third-order valence-corrected chi connectivity index (χ3v) is 5.59. The number of hydrogen-bond acceptors (Lipinski definition) is 6. The lowest BCUT2D eigenvalue weighted by molar-refractivity contribution is -0.114. The predicted molar refractivity (Wildman–Crippen MR) is 115 cm³/mol. The fourth-order valence-electron chi connectivity index (χ4n) is 2.74. The van der Waals surface area contributed by atoms with Crippen LogP contribution in [0.15, 0.2) is 51.9 Å². The molecule has 0 radical (unpaired) electrons. The molecule has 162 valence electrons. The third-order valence-electron chi connectivity index (χ3n) is 4.19. The number of halogens is 1. The molecule has 0 aliphatic heterocycles. The SMILES string of the molecule is COc1ccc(/C=C\c2onc(C)c2NC(C)=O)cc1S(=O)(=O)Nc1ccc(F)cc1. The Hall–Kier alpha value is -3.66. The molecule has 2 aromatic carbocycles. The number of nitrogens with zero attached hydrogens (tertiary/aromatic N) is 1. The number of aryl methyl sites for hydroxylation is 1. The monoisotopic (exact) mass is 445 g/mol. The van der Waals surface area contributed by atoms with Crippen molar-refractivity contribution in [3.05, 3.63) is 65.3 Å². The second kappa shape index (κ2) is 9.00. The van der Waals surface area contributed by atoms with Crippen molar-refractivity contribution in [3.63, 3.8) is 0 Å². The molecule has 3 rings (SSSR count). The number of sulfonamides is 1. The minimum Gasteiger partial charge on any atom is -0.495 e. The van der Waals surface area contributed by atoms with Gasteiger partial charge in [-0.1, -0.05) is 17.3 Å². The summed E-state index contributed by atoms with van der Waals surface area (Å²) in [6, 6.07) is 9.54. The fraction of sp³-hybridized carbons (Fsp3) is 0.143. The Morgan fingerprint density at radius 3 is 2.52 bits per heavy atom. The molecule has 0 bridgehead atoms. The van der Waals surface area contributed by atoms with Crippen LogP contribution in [0.3, 0.4) is 0 Å². The summed E-state index contributed by atoms with van der Waals surface area (Å²) in [6.07, 6.45) is 3.18. The maximum atomic E-state index is 13.1. The number of methoxy groups -OCH3 is 1. The van der Waals surface area contributed by atoms with E-state index in [2.05, 4.69) is 15.2 Å². The Morgan fingerprint density at radius 2 is 1.87 bits per heavy atom. The molecule has 0 saturated heterocycles. The molecule has 0 saturated carbocycles. The van der Waals surface area contributed by atoms with E-state index in [0.29, 0.717) is 22.7 Å². The quantitative estimate of drug-likeness (QED) is 0.567. The van der Waals surface area contributed by atoms with E-state index in [1.54, 1.807) is 25.1 Å². The van der Waals surface area contributed by atoms with Crippen molar-refractivity contribution in [1.29, 1.82) is 0 Å². The van der Waals surface area contributed by atoms with Gasteiger partial charge in [0.1, 0.15) is 27.8 Å². The van der Waals surface area contributed by atoms with Crippen molar-refractivity contribution in [2.45, 2.75) is 18.7 Å². The Labute approximate surface area is 178 Å². The molecule has 0 fully saturated rings. The molecule has 8 nitrogen and oxygen atoms in total. The maximum Gasteiger partial charge on any atom is 0.265 e. The van der Waals surface area contributed by atoms with Crippen LogP contribution >= 0.6 is 0 Å². The third kappa shape index (κ3) is 5.28. The zero-order valence-electron chi connectivity index (χ0n) is 17.0. The average molecular weight is 445 g/mol. The van der Waals surface area contributed by atoms with Gasteiger partial charge >= 0.3 is 0 Å². The zero-order chi connectivity index (χ0) is 22.6. The molecular weight excluding hydrogens is 425 g/mol. The van der Waals surface area contributed by atoms with E-state index in [0.717, 1.165) is 12.1 Å². The largest absolute Gasteiger partial charge is 0.495 e. The van der Waals surface area contributed by atoms with Crippen LogP contribution in [0.4, 0.5) is 15.8 Å². The number of amides is 1. The average Bonchev–Trinajstić information content (AvgIpc) is 3.06. The Morgan fingerprint density at radius 1 is 1.16 bits per heavy atom. The Kier molecular flexibility index (Phi) is 6.40. The van der Waals surface area contributed by atoms with Crippen molar-refractivity contribution in [2.24, 2.45) is 0 Å². The lowest BCUT2D eigenvalue weighted by atomic mass is 10.2. The number of anilines is 2. The Balaban J connectivity index is 1.93. The van der Waals surface area contributed by atoms with Gasteiger partial charge in [0.25, 0.3) is 10.0 Å². The van der Waals surface area contributed by atoms with Crippen LogP contribution in [-0.2, 0) is 14.8 Å². The van der Waals surface area contributed by atoms with Gasteiger partial charge in [-0.15, -0.1) is 0 Å². The van der Waals surface area contributed by atoms with E-state index in [1.807, 2.05) is 0 Å². The van der Waals surface area contributed by atoms with E-state index in [-0.39, 0.29) is 22.2 Å². The van der Waals surface area contributed by atoms with Gasteiger partial charge in [0.15, 0.2) is 5.76 Å². The van der Waals surface area contributed by atoms with Crippen LogP contribution in [0.25, 0.3) is 12.2 Å². The first kappa shape index (κ1) is 22.0. The van der Waals surface area contributed by atoms with Crippen molar-refractivity contribution < 1.29 is 26.9 Å². The molecular formula is C21H20FN3O5S. The number of hydrogen-bond donors (Lipinski definition) is 2. The summed E-state index contributed by atoms with van der Waals surface area (Å²) in [4.78, 5) is 11.3. The van der Waals surface area contributed by atoms with Gasteiger partial charge in [-0.2, -0.15) is 0 Å². The molecule has 0 aliphatic carbocycles. The molecule has 0 atom stereocenters. The van der Waals surface area contributed by atoms with Crippen molar-refractivity contribution in [1.82, 2.24) is 5.16 Å². The van der Waals surface area contributed by atoms with Crippen LogP contribution in [0.1, 0.15) is 23.9 Å². The van der Waals surface area contributed by atoms with Crippen LogP contribution in [-0.4, -0.2) is 26.6 Å². The maximum absolute atomic E-state index is 13.1. The summed E-state index contributed by atoms with van der Waals surface area (Å²) in [5.74, 6) is -0.293. The van der Waals surface area contributed by atoms with Crippen molar-refractivity contribution in [3.8, 4) is 5.75 Å². The highest BCUT2D eigenvalue weighted by Crippen LogP contribution is 2.29. The lowest BCUT2D eigenvalue weighted by Crippen LogP contribution is -2.14. The van der Waals surface area contributed by atoms with E-state index in [1.165, 1.54) is 38.3 Å². The van der Waals surface area contributed by atoms with Gasteiger partial charge in [0.05, 0.1) is 7.11 Å². The molecule has 3 aromatic rings. The second-order valence-electron chi connectivity index (χ2n) is 6.54. The topological polar surface area (TPSA) is 111 Å². The van der Waals surface area contributed by atoms with E-state index in [4.69, 9.17) is 9.26 Å². The highest BCUT2D eigenvalue weighted by molar-refractivity contribution is 7.92. The van der Waals surface area contributed by atoms with Gasteiger partial charge in [-0.3, -0.25) is 9.52 Å². The van der Waals surface area contributed by atoms with Gasteiger partial charge < -0.3 is 14.6 Å². The first-order valence-electron chi connectivity index (χ1n) is 9.08. The van der Waals surface area contributed by atoms with Gasteiger partial charge in [0, 0.05) is 12.6 Å². The van der Waals surface area contributed by atoms with Crippen LogP contribution in [0.2, 0.25) is 0 Å². The van der Waals surface area contributed by atoms with Gasteiger partial charge in [0.2, 0.25) is 5.91 Å². The number of carbonyl (C=O) groups excluding carboxylic acids is 1. The number of carbonyl (C=O) groups is 1. The van der Waals surface area contributed by atoms with Gasteiger partial charge in [-0.05, 0) is 55.0 Å². The highest BCUT2D eigenvalue weighted by atomic mass is 32.2. The highest BCUT2D eigenvalue weighted by Gasteiger charge is 2.20. The van der Waals surface area contributed by atoms with Crippen LogP contribution < -0.4 is 14.8 Å². The number of nitrogens with one attached hydrogen (secondary N) is 2. The number of benzene rings is 2. The molecule has 1 heterocycles. The number of rotatable bonds is 7. The first-order chi connectivity index (χ1) is 14.7. The zero-order valence-corrected chi connectivity index (χ0v) is 17.8. The van der Waals surface area contributed by atoms with E-state index < -0.39 is 15.8 Å². The van der Waals surface area contributed by atoms with Crippen molar-refractivity contribution in [2.75, 3.05) is 17.1 Å². The van der Waals surface area contributed by atoms with Gasteiger partial charge in [-0.25, -0.2) is 12.8 Å². The standard InChI is InChI=1S/C21H20FN3O5S/c1-13-21(23-14(2)26)19(30-24-13)11-5-15-4-10-18(29-3)20(12-15)31(27,28)25-17-8-6-16(22)7-9-17/h4-12,25H,1-3H3,(H,23,26)/b11-5-. The number of aromatic nitrogens is 1. The van der Waals surface area contributed by atoms with Crippen LogP contribution in [0, 0.1) is 12.7 Å². The fourth-order valence-corrected chi connectivity index (χ4v) is 4.00. The summed E-state index contributed by atoms with van der Waals surface area (Å²) in [5, 5.41) is 6.47.